The molecule has 0 bridgehead atoms. The van der Waals surface area contributed by atoms with Crippen molar-refractivity contribution in [2.24, 2.45) is 0 Å². The number of H-pyrrole nitrogens is 1. The number of fused-ring (bicyclic) bond motifs is 1. The molecule has 1 N–H and O–H groups in total. The van der Waals surface area contributed by atoms with Gasteiger partial charge in [0.2, 0.25) is 0 Å². The summed E-state index contributed by atoms with van der Waals surface area (Å²) in [5.74, 6) is 0. The van der Waals surface area contributed by atoms with E-state index in [4.69, 9.17) is 17.0 Å². The molecule has 1 aliphatic heterocycles. The molecule has 1 saturated heterocycles. The van der Waals surface area contributed by atoms with Gasteiger partial charge in [-0.1, -0.05) is 15.9 Å². The molecule has 0 amide bonds. The van der Waals surface area contributed by atoms with Gasteiger partial charge in [-0.2, -0.15) is 0 Å². The van der Waals surface area contributed by atoms with E-state index in [9.17, 15) is 0 Å². The summed E-state index contributed by atoms with van der Waals surface area (Å²) in [5, 5.41) is 0. The summed E-state index contributed by atoms with van der Waals surface area (Å²) < 4.78 is 9.67. The number of rotatable bonds is 1. The lowest BCUT2D eigenvalue weighted by atomic mass is 10.1. The van der Waals surface area contributed by atoms with Crippen LogP contribution in [-0.2, 0) is 4.74 Å². The highest BCUT2D eigenvalue weighted by Crippen LogP contribution is 2.30. The molecule has 0 spiro atoms. The van der Waals surface area contributed by atoms with Gasteiger partial charge in [-0.3, -0.25) is 0 Å². The van der Waals surface area contributed by atoms with E-state index in [0.29, 0.717) is 6.04 Å². The molecule has 3 rings (SSSR count). The zero-order chi connectivity index (χ0) is 12.0. The van der Waals surface area contributed by atoms with Crippen LogP contribution < -0.4 is 0 Å². The number of halogens is 1. The molecule has 90 valence electrons. The summed E-state index contributed by atoms with van der Waals surface area (Å²) in [4.78, 5) is 3.25. The lowest BCUT2D eigenvalue weighted by Crippen LogP contribution is -2.16. The van der Waals surface area contributed by atoms with Crippen molar-refractivity contribution in [3.05, 3.63) is 27.4 Å². The molecule has 2 unspecified atom stereocenters. The highest BCUT2D eigenvalue weighted by molar-refractivity contribution is 9.10. The van der Waals surface area contributed by atoms with Gasteiger partial charge in [0, 0.05) is 11.1 Å². The van der Waals surface area contributed by atoms with Gasteiger partial charge in [0.25, 0.3) is 0 Å². The molecule has 1 aromatic heterocycles. The molecule has 0 aliphatic carbocycles. The molecule has 0 radical (unpaired) electrons. The van der Waals surface area contributed by atoms with E-state index in [1.165, 1.54) is 0 Å². The molecular formula is C12H13BrN2OS. The van der Waals surface area contributed by atoms with Crippen molar-refractivity contribution in [3.8, 4) is 0 Å². The van der Waals surface area contributed by atoms with Crippen LogP contribution in [0.3, 0.4) is 0 Å². The first-order chi connectivity index (χ1) is 8.16. The Morgan fingerprint density at radius 1 is 1.53 bits per heavy atom. The number of hydrogen-bond acceptors (Lipinski definition) is 2. The van der Waals surface area contributed by atoms with Crippen LogP contribution in [0.4, 0.5) is 0 Å². The number of imidazole rings is 1. The zero-order valence-electron chi connectivity index (χ0n) is 9.44. The van der Waals surface area contributed by atoms with E-state index >= 15 is 0 Å². The average molecular weight is 313 g/mol. The van der Waals surface area contributed by atoms with Crippen LogP contribution in [0.2, 0.25) is 0 Å². The smallest absolute Gasteiger partial charge is 0.178 e. The topological polar surface area (TPSA) is 29.9 Å². The fraction of sp³-hybridized carbons (Fsp3) is 0.417. The molecular weight excluding hydrogens is 300 g/mol. The Balaban J connectivity index is 2.24. The molecule has 2 aromatic rings. The van der Waals surface area contributed by atoms with Crippen LogP contribution in [0.5, 0.6) is 0 Å². The highest BCUT2D eigenvalue weighted by Gasteiger charge is 2.27. The number of hydrogen-bond donors (Lipinski definition) is 1. The second kappa shape index (κ2) is 4.23. The van der Waals surface area contributed by atoms with Gasteiger partial charge in [0.05, 0.1) is 23.2 Å². The van der Waals surface area contributed by atoms with Gasteiger partial charge in [0.1, 0.15) is 0 Å². The summed E-state index contributed by atoms with van der Waals surface area (Å²) in [6.45, 7) is 2.92. The molecule has 17 heavy (non-hydrogen) atoms. The number of benzene rings is 1. The summed E-state index contributed by atoms with van der Waals surface area (Å²) >= 11 is 8.93. The van der Waals surface area contributed by atoms with Crippen molar-refractivity contribution in [3.63, 3.8) is 0 Å². The monoisotopic (exact) mass is 312 g/mol. The third-order valence-corrected chi connectivity index (χ3v) is 4.14. The van der Waals surface area contributed by atoms with Gasteiger partial charge in [-0.05, 0) is 43.8 Å². The van der Waals surface area contributed by atoms with Gasteiger partial charge in [0.15, 0.2) is 4.77 Å². The Kier molecular flexibility index (Phi) is 2.84. The SMILES string of the molecule is CC1OCCC1n1c(=S)[nH]c2ccc(Br)cc21. The first kappa shape index (κ1) is 11.4. The fourth-order valence-electron chi connectivity index (χ4n) is 2.48. The van der Waals surface area contributed by atoms with Crippen molar-refractivity contribution < 1.29 is 4.74 Å². The minimum absolute atomic E-state index is 0.222. The minimum atomic E-state index is 0.222. The highest BCUT2D eigenvalue weighted by atomic mass is 79.9. The predicted molar refractivity (Wildman–Crippen MR) is 73.9 cm³/mol. The van der Waals surface area contributed by atoms with Gasteiger partial charge in [-0.25, -0.2) is 0 Å². The van der Waals surface area contributed by atoms with Crippen molar-refractivity contribution >= 4 is 39.2 Å². The van der Waals surface area contributed by atoms with Crippen LogP contribution in [0.1, 0.15) is 19.4 Å². The molecule has 0 saturated carbocycles. The molecule has 1 fully saturated rings. The lowest BCUT2D eigenvalue weighted by Gasteiger charge is -2.16. The van der Waals surface area contributed by atoms with E-state index in [-0.39, 0.29) is 6.10 Å². The van der Waals surface area contributed by atoms with E-state index in [2.05, 4.69) is 38.5 Å². The normalized spacial score (nSPS) is 24.6. The Morgan fingerprint density at radius 2 is 2.35 bits per heavy atom. The Hall–Kier alpha value is -0.650. The third kappa shape index (κ3) is 1.86. The summed E-state index contributed by atoms with van der Waals surface area (Å²) in [6.07, 6.45) is 1.24. The second-order valence-corrected chi connectivity index (χ2v) is 5.70. The van der Waals surface area contributed by atoms with E-state index in [0.717, 1.165) is 33.3 Å². The Labute approximate surface area is 113 Å². The van der Waals surface area contributed by atoms with E-state index in [1.807, 2.05) is 12.1 Å². The van der Waals surface area contributed by atoms with Crippen molar-refractivity contribution in [1.82, 2.24) is 9.55 Å². The first-order valence-electron chi connectivity index (χ1n) is 5.68. The second-order valence-electron chi connectivity index (χ2n) is 4.39. The average Bonchev–Trinajstić information content (AvgIpc) is 2.81. The molecule has 2 atom stereocenters. The van der Waals surface area contributed by atoms with Gasteiger partial charge in [-0.15, -0.1) is 0 Å². The number of aromatic amines is 1. The van der Waals surface area contributed by atoms with E-state index < -0.39 is 0 Å². The standard InChI is InChI=1S/C12H13BrN2OS/c1-7-10(4-5-16-7)15-11-6-8(13)2-3-9(11)14-12(15)17/h2-3,6-7,10H,4-5H2,1H3,(H,14,17). The largest absolute Gasteiger partial charge is 0.376 e. The zero-order valence-corrected chi connectivity index (χ0v) is 11.8. The minimum Gasteiger partial charge on any atom is -0.376 e. The van der Waals surface area contributed by atoms with Crippen molar-refractivity contribution in [2.45, 2.75) is 25.5 Å². The molecule has 2 heterocycles. The Morgan fingerprint density at radius 3 is 3.06 bits per heavy atom. The van der Waals surface area contributed by atoms with Crippen LogP contribution in [0, 0.1) is 4.77 Å². The number of aromatic nitrogens is 2. The maximum Gasteiger partial charge on any atom is 0.178 e. The maximum atomic E-state index is 5.63. The van der Waals surface area contributed by atoms with Crippen LogP contribution in [-0.4, -0.2) is 22.3 Å². The summed E-state index contributed by atoms with van der Waals surface area (Å²) in [5.41, 5.74) is 2.23. The van der Waals surface area contributed by atoms with Crippen molar-refractivity contribution in [1.29, 1.82) is 0 Å². The third-order valence-electron chi connectivity index (χ3n) is 3.35. The fourth-order valence-corrected chi connectivity index (χ4v) is 3.18. The first-order valence-corrected chi connectivity index (χ1v) is 6.88. The van der Waals surface area contributed by atoms with E-state index in [1.54, 1.807) is 0 Å². The molecule has 1 aromatic carbocycles. The summed E-state index contributed by atoms with van der Waals surface area (Å²) in [7, 11) is 0. The molecule has 3 nitrogen and oxygen atoms in total. The quantitative estimate of drug-likeness (QED) is 0.811. The number of nitrogens with zero attached hydrogens (tertiary/aromatic N) is 1. The van der Waals surface area contributed by atoms with Crippen LogP contribution in [0.25, 0.3) is 11.0 Å². The van der Waals surface area contributed by atoms with Crippen LogP contribution >= 0.6 is 28.1 Å². The molecule has 5 heteroatoms. The number of ether oxygens (including phenoxy) is 1. The van der Waals surface area contributed by atoms with Gasteiger partial charge < -0.3 is 14.3 Å². The lowest BCUT2D eigenvalue weighted by molar-refractivity contribution is 0.108. The molecule has 1 aliphatic rings. The maximum absolute atomic E-state index is 5.63. The predicted octanol–water partition coefficient (Wildman–Crippen LogP) is 3.81. The summed E-state index contributed by atoms with van der Waals surface area (Å²) in [6, 6.07) is 6.51. The number of nitrogens with one attached hydrogen (secondary N) is 1. The van der Waals surface area contributed by atoms with Crippen molar-refractivity contribution in [2.75, 3.05) is 6.61 Å². The Bertz CT molecular complexity index is 618. The van der Waals surface area contributed by atoms with Crippen LogP contribution in [0.15, 0.2) is 22.7 Å². The van der Waals surface area contributed by atoms with Gasteiger partial charge >= 0.3 is 0 Å².